The Balaban J connectivity index is 0. The van der Waals surface area contributed by atoms with Gasteiger partial charge in [0.2, 0.25) is 0 Å². The summed E-state index contributed by atoms with van der Waals surface area (Å²) in [6, 6.07) is 0. The minimum atomic E-state index is -1.26. The van der Waals surface area contributed by atoms with Crippen LogP contribution in [0.25, 0.3) is 0 Å². The van der Waals surface area contributed by atoms with E-state index in [4.69, 9.17) is 71.1 Å². The summed E-state index contributed by atoms with van der Waals surface area (Å²) in [5.74, 6) is -1.26. The van der Waals surface area contributed by atoms with Gasteiger partial charge in [0, 0.05) is 6.61 Å². The number of carbonyl (C=O) groups is 1. The molecule has 18 heteroatoms. The van der Waals surface area contributed by atoms with Crippen LogP contribution in [0.1, 0.15) is 168 Å². The first-order valence-corrected chi connectivity index (χ1v) is 28.2. The van der Waals surface area contributed by atoms with Crippen LogP contribution >= 0.6 is 0 Å². The Hall–Kier alpha value is -0.130. The third kappa shape index (κ3) is 51.3. The van der Waals surface area contributed by atoms with Crippen LogP contribution in [0.2, 0.25) is 0 Å². The summed E-state index contributed by atoms with van der Waals surface area (Å²) in [5, 5.41) is 10.5. The van der Waals surface area contributed by atoms with E-state index in [2.05, 4.69) is 13.8 Å². The number of aliphatic carboxylic acids is 1. The van der Waals surface area contributed by atoms with Gasteiger partial charge in [-0.2, -0.15) is 0 Å². The summed E-state index contributed by atoms with van der Waals surface area (Å²) in [7, 11) is 0. The zero-order valence-corrected chi connectivity index (χ0v) is 51.9. The van der Waals surface area contributed by atoms with Crippen molar-refractivity contribution in [1.82, 2.24) is 0 Å². The Morgan fingerprint density at radius 3 is 0.662 bits per heavy atom. The molecule has 14 atom stereocenters. The van der Waals surface area contributed by atoms with Gasteiger partial charge in [-0.05, 0) is 103 Å². The van der Waals surface area contributed by atoms with E-state index in [0.717, 1.165) is 13.0 Å². The second kappa shape index (κ2) is 51.0. The number of carboxylic acids is 1. The van der Waals surface area contributed by atoms with Gasteiger partial charge in [0.25, 0.3) is 0 Å². The summed E-state index contributed by atoms with van der Waals surface area (Å²) < 4.78 is 88.2. The first-order valence-electron chi connectivity index (χ1n) is 28.2. The molecule has 0 amide bonds. The standard InChI is InChI=1S/C56H112O17.Na/c1-16-17-18-19-20-21-22-23-24-25-26-59-27-42(2)60-28-43(3)61-29-44(4)62-30-45(5)63-31-46(6)64-32-47(7)65-33-48(8)66-34-49(9)67-35-50(10)68-36-51(11)69-37-52(12)70-38-53(13)71-39-54(14)72-40-55(15)73-41-56(57)58;/h42-55H,16-41H2,1-15H3,(H,57,58);/q;+1/p-1. The van der Waals surface area contributed by atoms with Crippen molar-refractivity contribution in [3.63, 3.8) is 0 Å². The molecule has 0 heterocycles. The third-order valence-electron chi connectivity index (χ3n) is 11.5. The fraction of sp³-hybridized carbons (Fsp3) is 0.982. The van der Waals surface area contributed by atoms with Crippen LogP contribution in [-0.4, -0.2) is 197 Å². The van der Waals surface area contributed by atoms with E-state index in [1.54, 1.807) is 6.92 Å². The summed E-state index contributed by atoms with van der Waals surface area (Å²) in [5.41, 5.74) is 0. The molecule has 0 radical (unpaired) electrons. The van der Waals surface area contributed by atoms with Gasteiger partial charge in [0.15, 0.2) is 0 Å². The van der Waals surface area contributed by atoms with Gasteiger partial charge in [0.05, 0.1) is 191 Å². The Labute approximate surface area is 473 Å². The summed E-state index contributed by atoms with van der Waals surface area (Å²) in [6.45, 7) is 36.2. The molecule has 0 aliphatic heterocycles. The number of unbranched alkanes of at least 4 members (excludes halogenated alkanes) is 9. The van der Waals surface area contributed by atoms with E-state index in [1.165, 1.54) is 57.8 Å². The van der Waals surface area contributed by atoms with Crippen LogP contribution in [0, 0.1) is 0 Å². The fourth-order valence-corrected chi connectivity index (χ4v) is 6.72. The van der Waals surface area contributed by atoms with Crippen LogP contribution in [-0.2, 0) is 75.8 Å². The number of rotatable bonds is 55. The maximum atomic E-state index is 10.5. The molecule has 0 fully saturated rings. The maximum absolute atomic E-state index is 10.5. The first-order chi connectivity index (χ1) is 34.8. The molecule has 0 bridgehead atoms. The molecule has 0 rings (SSSR count). The molecular formula is C56H111NaO17. The fourth-order valence-electron chi connectivity index (χ4n) is 6.72. The molecule has 17 nitrogen and oxygen atoms in total. The van der Waals surface area contributed by atoms with Crippen LogP contribution in [0.15, 0.2) is 0 Å². The number of ether oxygens (including phenoxy) is 15. The Morgan fingerprint density at radius 2 is 0.459 bits per heavy atom. The van der Waals surface area contributed by atoms with Gasteiger partial charge >= 0.3 is 29.6 Å². The zero-order chi connectivity index (χ0) is 54.7. The van der Waals surface area contributed by atoms with E-state index >= 15 is 0 Å². The van der Waals surface area contributed by atoms with Crippen LogP contribution in [0.4, 0.5) is 0 Å². The number of hydrogen-bond donors (Lipinski definition) is 0. The SMILES string of the molecule is CCCCCCCCCCCCOCC(C)OCC(C)OCC(C)OCC(C)OCC(C)OCC(C)OCC(C)OCC(C)OCC(C)OCC(C)OCC(C)OCC(C)OCC(C)OCC(C)OCC(=O)[O-].[Na+]. The quantitative estimate of drug-likeness (QED) is 0.0562. The molecule has 74 heavy (non-hydrogen) atoms. The van der Waals surface area contributed by atoms with Gasteiger partial charge in [0.1, 0.15) is 0 Å². The monoisotopic (exact) mass is 1080 g/mol. The van der Waals surface area contributed by atoms with Gasteiger partial charge < -0.3 is 81.0 Å². The average molecular weight is 1080 g/mol. The largest absolute Gasteiger partial charge is 1.00 e. The zero-order valence-electron chi connectivity index (χ0n) is 49.9. The van der Waals surface area contributed by atoms with Crippen molar-refractivity contribution in [2.75, 3.05) is 106 Å². The Morgan fingerprint density at radius 1 is 0.284 bits per heavy atom. The molecular weight excluding hydrogens is 968 g/mol. The molecule has 0 N–H and O–H groups in total. The normalized spacial score (nSPS) is 17.8. The minimum absolute atomic E-state index is 0. The van der Waals surface area contributed by atoms with Crippen molar-refractivity contribution < 1.29 is 111 Å². The maximum Gasteiger partial charge on any atom is 1.00 e. The van der Waals surface area contributed by atoms with Crippen molar-refractivity contribution in [2.24, 2.45) is 0 Å². The minimum Gasteiger partial charge on any atom is -0.548 e. The van der Waals surface area contributed by atoms with Crippen molar-refractivity contribution in [2.45, 2.75) is 254 Å². The smallest absolute Gasteiger partial charge is 0.548 e. The van der Waals surface area contributed by atoms with Gasteiger partial charge in [-0.25, -0.2) is 0 Å². The van der Waals surface area contributed by atoms with Crippen LogP contribution in [0.3, 0.4) is 0 Å². The third-order valence-corrected chi connectivity index (χ3v) is 11.5. The molecule has 0 aliphatic carbocycles. The molecule has 0 aromatic carbocycles. The van der Waals surface area contributed by atoms with Gasteiger partial charge in [-0.3, -0.25) is 0 Å². The van der Waals surface area contributed by atoms with Gasteiger partial charge in [-0.1, -0.05) is 64.7 Å². The molecule has 0 aromatic heterocycles. The van der Waals surface area contributed by atoms with E-state index < -0.39 is 12.6 Å². The molecule has 0 aliphatic rings. The van der Waals surface area contributed by atoms with E-state index in [0.29, 0.717) is 85.9 Å². The second-order valence-corrected chi connectivity index (χ2v) is 20.6. The van der Waals surface area contributed by atoms with Crippen molar-refractivity contribution in [3.05, 3.63) is 0 Å². The predicted molar refractivity (Wildman–Crippen MR) is 283 cm³/mol. The molecule has 14 unspecified atom stereocenters. The molecule has 0 saturated heterocycles. The molecule has 0 aromatic rings. The molecule has 0 saturated carbocycles. The number of hydrogen-bond acceptors (Lipinski definition) is 17. The average Bonchev–Trinajstić information content (AvgIpc) is 3.36. The second-order valence-electron chi connectivity index (χ2n) is 20.6. The molecule has 438 valence electrons. The van der Waals surface area contributed by atoms with Crippen molar-refractivity contribution in [3.8, 4) is 0 Å². The van der Waals surface area contributed by atoms with Crippen LogP contribution < -0.4 is 34.7 Å². The number of carbonyl (C=O) groups excluding carboxylic acids is 1. The van der Waals surface area contributed by atoms with Crippen LogP contribution in [0.5, 0.6) is 0 Å². The topological polar surface area (TPSA) is 179 Å². The summed E-state index contributed by atoms with van der Waals surface area (Å²) >= 11 is 0. The first kappa shape index (κ1) is 75.9. The summed E-state index contributed by atoms with van der Waals surface area (Å²) in [6.07, 6.45) is 11.6. The van der Waals surface area contributed by atoms with E-state index in [1.807, 2.05) is 83.1 Å². The Kier molecular flexibility index (Phi) is 52.4. The van der Waals surface area contributed by atoms with Crippen molar-refractivity contribution in [1.29, 1.82) is 0 Å². The Bertz CT molecular complexity index is 1210. The number of carboxylic acid groups (broad SMARTS) is 1. The van der Waals surface area contributed by atoms with Gasteiger partial charge in [-0.15, -0.1) is 0 Å². The predicted octanol–water partition coefficient (Wildman–Crippen LogP) is 5.35. The summed E-state index contributed by atoms with van der Waals surface area (Å²) in [4.78, 5) is 10.5. The van der Waals surface area contributed by atoms with E-state index in [-0.39, 0.29) is 122 Å². The molecule has 0 spiro atoms. The van der Waals surface area contributed by atoms with Crippen molar-refractivity contribution >= 4 is 5.97 Å². The van der Waals surface area contributed by atoms with E-state index in [9.17, 15) is 9.90 Å².